The van der Waals surface area contributed by atoms with Gasteiger partial charge in [0, 0.05) is 38.2 Å². The fraction of sp³-hybridized carbons (Fsp3) is 0.111. The predicted octanol–water partition coefficient (Wildman–Crippen LogP) is 6.81. The summed E-state index contributed by atoms with van der Waals surface area (Å²) < 4.78 is 0. The summed E-state index contributed by atoms with van der Waals surface area (Å²) in [5, 5.41) is 9.57. The van der Waals surface area contributed by atoms with E-state index in [1.54, 1.807) is 0 Å². The van der Waals surface area contributed by atoms with Crippen molar-refractivity contribution in [2.75, 3.05) is 37.1 Å². The van der Waals surface area contributed by atoms with E-state index < -0.39 is 0 Å². The van der Waals surface area contributed by atoms with E-state index in [0.29, 0.717) is 0 Å². The van der Waals surface area contributed by atoms with Crippen molar-refractivity contribution in [1.82, 2.24) is 0 Å². The van der Waals surface area contributed by atoms with Gasteiger partial charge in [-0.05, 0) is 88.0 Å². The molecular formula is C27H27N3. The Kier molecular flexibility index (Phi) is 5.71. The molecule has 0 unspecified atom stereocenters. The topological polar surface area (TPSA) is 36.1 Å². The minimum Gasteiger partial charge on any atom is -0.388 e. The molecule has 0 heterocycles. The molecule has 0 aliphatic heterocycles. The highest BCUT2D eigenvalue weighted by Crippen LogP contribution is 2.34. The lowest BCUT2D eigenvalue weighted by Gasteiger charge is -2.13. The number of anilines is 3. The summed E-state index contributed by atoms with van der Waals surface area (Å²) in [7, 11) is 5.83. The second-order valence-electron chi connectivity index (χ2n) is 7.28. The Hall–Kier alpha value is -3.72. The summed E-state index contributed by atoms with van der Waals surface area (Å²) in [5.74, 6) is 0. The van der Waals surface area contributed by atoms with Crippen LogP contribution in [-0.4, -0.2) is 21.1 Å². The van der Waals surface area contributed by atoms with E-state index in [9.17, 15) is 0 Å². The van der Waals surface area contributed by atoms with Crippen LogP contribution in [0.25, 0.3) is 33.4 Å². The number of hydrogen-bond acceptors (Lipinski definition) is 3. The van der Waals surface area contributed by atoms with Gasteiger partial charge in [-0.1, -0.05) is 36.4 Å². The Bertz CT molecular complexity index is 954. The molecule has 3 heteroatoms. The van der Waals surface area contributed by atoms with Crippen LogP contribution >= 0.6 is 0 Å². The fourth-order valence-electron chi connectivity index (χ4n) is 3.62. The van der Waals surface area contributed by atoms with Crippen LogP contribution in [0.1, 0.15) is 0 Å². The van der Waals surface area contributed by atoms with E-state index in [4.69, 9.17) is 0 Å². The minimum absolute atomic E-state index is 1.11. The van der Waals surface area contributed by atoms with Crippen molar-refractivity contribution < 1.29 is 0 Å². The van der Waals surface area contributed by atoms with Crippen LogP contribution in [0.15, 0.2) is 91.0 Å². The molecule has 0 aliphatic carbocycles. The van der Waals surface area contributed by atoms with E-state index in [1.165, 1.54) is 33.4 Å². The zero-order valence-corrected chi connectivity index (χ0v) is 17.7. The second kappa shape index (κ2) is 8.75. The largest absolute Gasteiger partial charge is 0.388 e. The van der Waals surface area contributed by atoms with Gasteiger partial charge in [-0.15, -0.1) is 0 Å². The first-order chi connectivity index (χ1) is 14.7. The third-order valence-corrected chi connectivity index (χ3v) is 5.45. The Labute approximate surface area is 178 Å². The molecule has 150 valence electrons. The summed E-state index contributed by atoms with van der Waals surface area (Å²) in [4.78, 5) is 0. The predicted molar refractivity (Wildman–Crippen MR) is 131 cm³/mol. The molecule has 0 spiro atoms. The monoisotopic (exact) mass is 393 g/mol. The zero-order chi connectivity index (χ0) is 20.9. The number of benzene rings is 4. The Balaban J connectivity index is 1.83. The molecule has 3 nitrogen and oxygen atoms in total. The average Bonchev–Trinajstić information content (AvgIpc) is 2.84. The first kappa shape index (κ1) is 19.6. The third kappa shape index (κ3) is 4.15. The molecule has 4 aromatic carbocycles. The van der Waals surface area contributed by atoms with Gasteiger partial charge in [-0.2, -0.15) is 0 Å². The van der Waals surface area contributed by atoms with Crippen LogP contribution in [0.2, 0.25) is 0 Å². The van der Waals surface area contributed by atoms with Crippen molar-refractivity contribution >= 4 is 17.1 Å². The smallest absolute Gasteiger partial charge is 0.0337 e. The molecule has 0 atom stereocenters. The van der Waals surface area contributed by atoms with Crippen LogP contribution in [-0.2, 0) is 0 Å². The lowest BCUT2D eigenvalue weighted by atomic mass is 9.93. The summed E-state index contributed by atoms with van der Waals surface area (Å²) in [6.07, 6.45) is 0. The van der Waals surface area contributed by atoms with E-state index in [1.807, 2.05) is 21.1 Å². The molecule has 4 aromatic rings. The van der Waals surface area contributed by atoms with Crippen molar-refractivity contribution in [2.45, 2.75) is 0 Å². The maximum atomic E-state index is 3.19. The van der Waals surface area contributed by atoms with Gasteiger partial charge in [0.25, 0.3) is 0 Å². The molecule has 0 saturated carbocycles. The van der Waals surface area contributed by atoms with Crippen LogP contribution in [0, 0.1) is 0 Å². The highest BCUT2D eigenvalue weighted by molar-refractivity contribution is 5.82. The molecule has 0 aliphatic rings. The first-order valence-electron chi connectivity index (χ1n) is 10.2. The highest BCUT2D eigenvalue weighted by atomic mass is 14.8. The molecular weight excluding hydrogens is 366 g/mol. The molecule has 0 radical (unpaired) electrons. The maximum absolute atomic E-state index is 3.19. The molecule has 0 saturated heterocycles. The van der Waals surface area contributed by atoms with Crippen molar-refractivity contribution in [3.8, 4) is 33.4 Å². The van der Waals surface area contributed by atoms with Crippen molar-refractivity contribution in [3.05, 3.63) is 91.0 Å². The van der Waals surface area contributed by atoms with Gasteiger partial charge in [0.05, 0.1) is 0 Å². The summed E-state index contributed by atoms with van der Waals surface area (Å²) in [6.45, 7) is 0. The normalized spacial score (nSPS) is 10.5. The summed E-state index contributed by atoms with van der Waals surface area (Å²) in [6, 6.07) is 32.5. The van der Waals surface area contributed by atoms with Gasteiger partial charge in [-0.3, -0.25) is 0 Å². The molecule has 0 bridgehead atoms. The van der Waals surface area contributed by atoms with Gasteiger partial charge < -0.3 is 16.0 Å². The van der Waals surface area contributed by atoms with Crippen molar-refractivity contribution in [3.63, 3.8) is 0 Å². The molecule has 4 rings (SSSR count). The van der Waals surface area contributed by atoms with Crippen LogP contribution < -0.4 is 16.0 Å². The third-order valence-electron chi connectivity index (χ3n) is 5.45. The van der Waals surface area contributed by atoms with E-state index in [0.717, 1.165) is 17.1 Å². The standard InChI is InChI=1S/C27H27N3/c1-28-25-10-4-19(5-11-25)22-16-23(20-6-12-26(29-2)13-7-20)18-24(17-22)21-8-14-27(30-3)15-9-21/h4-18,28-30H,1-3H3. The lowest BCUT2D eigenvalue weighted by Crippen LogP contribution is -1.90. The number of rotatable bonds is 6. The van der Waals surface area contributed by atoms with E-state index >= 15 is 0 Å². The average molecular weight is 394 g/mol. The maximum Gasteiger partial charge on any atom is 0.0337 e. The quantitative estimate of drug-likeness (QED) is 0.337. The van der Waals surface area contributed by atoms with E-state index in [-0.39, 0.29) is 0 Å². The molecule has 0 amide bonds. The highest BCUT2D eigenvalue weighted by Gasteiger charge is 2.08. The van der Waals surface area contributed by atoms with Gasteiger partial charge in [-0.25, -0.2) is 0 Å². The van der Waals surface area contributed by atoms with Crippen molar-refractivity contribution in [1.29, 1.82) is 0 Å². The fourth-order valence-corrected chi connectivity index (χ4v) is 3.62. The summed E-state index contributed by atoms with van der Waals surface area (Å²) >= 11 is 0. The van der Waals surface area contributed by atoms with E-state index in [2.05, 4.69) is 107 Å². The first-order valence-corrected chi connectivity index (χ1v) is 10.2. The Morgan fingerprint density at radius 2 is 0.567 bits per heavy atom. The second-order valence-corrected chi connectivity index (χ2v) is 7.28. The van der Waals surface area contributed by atoms with Gasteiger partial charge in [0.2, 0.25) is 0 Å². The number of nitrogens with one attached hydrogen (secondary N) is 3. The molecule has 3 N–H and O–H groups in total. The molecule has 0 fully saturated rings. The van der Waals surface area contributed by atoms with Crippen LogP contribution in [0.3, 0.4) is 0 Å². The molecule has 0 aromatic heterocycles. The van der Waals surface area contributed by atoms with Gasteiger partial charge in [0.15, 0.2) is 0 Å². The lowest BCUT2D eigenvalue weighted by molar-refractivity contribution is 1.49. The molecule has 30 heavy (non-hydrogen) atoms. The minimum atomic E-state index is 1.11. The van der Waals surface area contributed by atoms with Gasteiger partial charge in [0.1, 0.15) is 0 Å². The number of hydrogen-bond donors (Lipinski definition) is 3. The summed E-state index contributed by atoms with van der Waals surface area (Å²) in [5.41, 5.74) is 10.6. The van der Waals surface area contributed by atoms with Crippen LogP contribution in [0.4, 0.5) is 17.1 Å². The Morgan fingerprint density at radius 1 is 0.333 bits per heavy atom. The zero-order valence-electron chi connectivity index (χ0n) is 17.7. The van der Waals surface area contributed by atoms with Crippen LogP contribution in [0.5, 0.6) is 0 Å². The Morgan fingerprint density at radius 3 is 0.767 bits per heavy atom. The van der Waals surface area contributed by atoms with Crippen molar-refractivity contribution in [2.24, 2.45) is 0 Å². The SMILES string of the molecule is CNc1ccc(-c2cc(-c3ccc(NC)cc3)cc(-c3ccc(NC)cc3)c2)cc1. The van der Waals surface area contributed by atoms with Gasteiger partial charge >= 0.3 is 0 Å².